The van der Waals surface area contributed by atoms with Crippen molar-refractivity contribution in [2.75, 3.05) is 6.61 Å². The van der Waals surface area contributed by atoms with Crippen LogP contribution in [0, 0.1) is 0 Å². The van der Waals surface area contributed by atoms with Gasteiger partial charge in [0.25, 0.3) is 0 Å². The molecule has 0 spiro atoms. The van der Waals surface area contributed by atoms with Crippen LogP contribution in [0.4, 0.5) is 0 Å². The number of rotatable bonds is 4. The Morgan fingerprint density at radius 3 is 3.00 bits per heavy atom. The van der Waals surface area contributed by atoms with Crippen LogP contribution >= 0.6 is 0 Å². The van der Waals surface area contributed by atoms with E-state index in [2.05, 4.69) is 9.97 Å². The number of Topliss-reactive ketones (excluding diaryl/α,β-unsaturated/α-hetero) is 1. The Morgan fingerprint density at radius 1 is 1.50 bits per heavy atom. The van der Waals surface area contributed by atoms with Crippen molar-refractivity contribution in [1.82, 2.24) is 9.97 Å². The van der Waals surface area contributed by atoms with Crippen LogP contribution in [0.5, 0.6) is 0 Å². The van der Waals surface area contributed by atoms with Crippen LogP contribution in [0.2, 0.25) is 0 Å². The predicted molar refractivity (Wildman–Crippen MR) is 61.5 cm³/mol. The molecule has 0 aliphatic carbocycles. The first-order chi connectivity index (χ1) is 7.70. The molecule has 2 rings (SSSR count). The molecule has 0 bridgehead atoms. The lowest BCUT2D eigenvalue weighted by Gasteiger charge is -1.93. The number of aryl methyl sites for hydroxylation is 1. The minimum Gasteiger partial charge on any atom is -0.396 e. The summed E-state index contributed by atoms with van der Waals surface area (Å²) >= 11 is 0. The van der Waals surface area contributed by atoms with Crippen molar-refractivity contribution in [3.63, 3.8) is 0 Å². The number of nitrogens with one attached hydrogen (secondary N) is 1. The number of aromatic nitrogens is 2. The number of aliphatic hydroxyl groups is 1. The first-order valence-corrected chi connectivity index (χ1v) is 5.31. The van der Waals surface area contributed by atoms with E-state index >= 15 is 0 Å². The summed E-state index contributed by atoms with van der Waals surface area (Å²) in [4.78, 5) is 18.7. The van der Waals surface area contributed by atoms with E-state index in [1.165, 1.54) is 0 Å². The third-order valence-corrected chi connectivity index (χ3v) is 2.51. The second kappa shape index (κ2) is 4.45. The number of carbonyl (C=O) groups is 1. The Balaban J connectivity index is 2.34. The summed E-state index contributed by atoms with van der Waals surface area (Å²) in [7, 11) is 0. The van der Waals surface area contributed by atoms with Crippen LogP contribution in [0.1, 0.15) is 29.5 Å². The van der Waals surface area contributed by atoms with E-state index in [-0.39, 0.29) is 12.4 Å². The second-order valence-corrected chi connectivity index (χ2v) is 3.80. The first kappa shape index (κ1) is 10.8. The monoisotopic (exact) mass is 218 g/mol. The number of imidazole rings is 1. The van der Waals surface area contributed by atoms with Gasteiger partial charge >= 0.3 is 0 Å². The zero-order chi connectivity index (χ0) is 11.5. The van der Waals surface area contributed by atoms with Crippen molar-refractivity contribution in [2.24, 2.45) is 0 Å². The van der Waals surface area contributed by atoms with E-state index in [1.54, 1.807) is 13.0 Å². The summed E-state index contributed by atoms with van der Waals surface area (Å²) in [5.74, 6) is 0.901. The molecule has 1 aromatic carbocycles. The van der Waals surface area contributed by atoms with Crippen LogP contribution in [0.15, 0.2) is 18.2 Å². The minimum absolute atomic E-state index is 0.0495. The molecular weight excluding hydrogens is 204 g/mol. The number of ketones is 1. The van der Waals surface area contributed by atoms with E-state index < -0.39 is 0 Å². The van der Waals surface area contributed by atoms with Crippen molar-refractivity contribution in [1.29, 1.82) is 0 Å². The molecule has 1 heterocycles. The highest BCUT2D eigenvalue weighted by molar-refractivity contribution is 5.97. The van der Waals surface area contributed by atoms with Gasteiger partial charge in [-0.25, -0.2) is 4.98 Å². The van der Waals surface area contributed by atoms with Gasteiger partial charge in [0.05, 0.1) is 11.0 Å². The highest BCUT2D eigenvalue weighted by Crippen LogP contribution is 2.14. The zero-order valence-corrected chi connectivity index (χ0v) is 9.16. The van der Waals surface area contributed by atoms with E-state index in [0.29, 0.717) is 12.0 Å². The fourth-order valence-corrected chi connectivity index (χ4v) is 1.65. The van der Waals surface area contributed by atoms with Gasteiger partial charge in [-0.1, -0.05) is 0 Å². The summed E-state index contributed by atoms with van der Waals surface area (Å²) in [5, 5.41) is 8.73. The van der Waals surface area contributed by atoms with Gasteiger partial charge in [0.2, 0.25) is 0 Å². The lowest BCUT2D eigenvalue weighted by molar-refractivity contribution is 0.101. The van der Waals surface area contributed by atoms with Gasteiger partial charge < -0.3 is 10.1 Å². The molecule has 0 fully saturated rings. The van der Waals surface area contributed by atoms with E-state index in [0.717, 1.165) is 23.3 Å². The quantitative estimate of drug-likeness (QED) is 0.767. The van der Waals surface area contributed by atoms with Gasteiger partial charge in [0, 0.05) is 18.6 Å². The Kier molecular flexibility index (Phi) is 3.01. The zero-order valence-electron chi connectivity index (χ0n) is 9.16. The van der Waals surface area contributed by atoms with E-state index in [4.69, 9.17) is 5.11 Å². The third-order valence-electron chi connectivity index (χ3n) is 2.51. The molecule has 0 amide bonds. The number of aromatic amines is 1. The molecule has 4 heteroatoms. The summed E-state index contributed by atoms with van der Waals surface area (Å²) in [5.41, 5.74) is 2.42. The van der Waals surface area contributed by atoms with Crippen LogP contribution < -0.4 is 0 Å². The van der Waals surface area contributed by atoms with Gasteiger partial charge in [-0.15, -0.1) is 0 Å². The smallest absolute Gasteiger partial charge is 0.159 e. The van der Waals surface area contributed by atoms with Gasteiger partial charge in [0.15, 0.2) is 5.78 Å². The van der Waals surface area contributed by atoms with Crippen molar-refractivity contribution in [2.45, 2.75) is 19.8 Å². The predicted octanol–water partition coefficient (Wildman–Crippen LogP) is 1.69. The standard InChI is InChI=1S/C12H14N2O2/c1-8(16)9-4-5-10-11(7-9)14-12(13-10)3-2-6-15/h4-5,7,15H,2-3,6H2,1H3,(H,13,14). The number of hydrogen-bond donors (Lipinski definition) is 2. The number of benzene rings is 1. The lowest BCUT2D eigenvalue weighted by Crippen LogP contribution is -1.91. The maximum atomic E-state index is 11.2. The molecule has 0 atom stereocenters. The molecule has 2 aromatic rings. The number of hydrogen-bond acceptors (Lipinski definition) is 3. The molecule has 1 aromatic heterocycles. The molecule has 16 heavy (non-hydrogen) atoms. The molecule has 84 valence electrons. The van der Waals surface area contributed by atoms with Crippen LogP contribution in [-0.2, 0) is 6.42 Å². The van der Waals surface area contributed by atoms with Crippen LogP contribution in [0.25, 0.3) is 11.0 Å². The number of H-pyrrole nitrogens is 1. The molecule has 0 unspecified atom stereocenters. The van der Waals surface area contributed by atoms with Crippen LogP contribution in [-0.4, -0.2) is 27.5 Å². The summed E-state index contributed by atoms with van der Waals surface area (Å²) < 4.78 is 0. The van der Waals surface area contributed by atoms with Crippen molar-refractivity contribution < 1.29 is 9.90 Å². The Bertz CT molecular complexity index is 517. The topological polar surface area (TPSA) is 66.0 Å². The fraction of sp³-hybridized carbons (Fsp3) is 0.333. The molecular formula is C12H14N2O2. The first-order valence-electron chi connectivity index (χ1n) is 5.31. The Morgan fingerprint density at radius 2 is 2.31 bits per heavy atom. The highest BCUT2D eigenvalue weighted by Gasteiger charge is 2.05. The average molecular weight is 218 g/mol. The number of aliphatic hydroxyl groups excluding tert-OH is 1. The summed E-state index contributed by atoms with van der Waals surface area (Å²) in [6.45, 7) is 1.71. The van der Waals surface area contributed by atoms with Crippen molar-refractivity contribution >= 4 is 16.8 Å². The largest absolute Gasteiger partial charge is 0.396 e. The second-order valence-electron chi connectivity index (χ2n) is 3.80. The minimum atomic E-state index is 0.0495. The lowest BCUT2D eigenvalue weighted by atomic mass is 10.1. The fourth-order valence-electron chi connectivity index (χ4n) is 1.65. The third kappa shape index (κ3) is 2.12. The van der Waals surface area contributed by atoms with Gasteiger partial charge in [0.1, 0.15) is 5.82 Å². The maximum Gasteiger partial charge on any atom is 0.159 e. The molecule has 0 saturated heterocycles. The number of fused-ring (bicyclic) bond motifs is 1. The number of nitrogens with zero attached hydrogens (tertiary/aromatic N) is 1. The van der Waals surface area contributed by atoms with Crippen LogP contribution in [0.3, 0.4) is 0 Å². The highest BCUT2D eigenvalue weighted by atomic mass is 16.2. The molecule has 4 nitrogen and oxygen atoms in total. The molecule has 0 saturated carbocycles. The van der Waals surface area contributed by atoms with Crippen molar-refractivity contribution in [3.8, 4) is 0 Å². The van der Waals surface area contributed by atoms with Gasteiger partial charge in [-0.3, -0.25) is 4.79 Å². The molecule has 0 aliphatic rings. The molecule has 2 N–H and O–H groups in total. The Hall–Kier alpha value is -1.68. The van der Waals surface area contributed by atoms with E-state index in [9.17, 15) is 4.79 Å². The SMILES string of the molecule is CC(=O)c1ccc2nc(CCCO)[nH]c2c1. The average Bonchev–Trinajstić information content (AvgIpc) is 2.67. The van der Waals surface area contributed by atoms with Gasteiger partial charge in [-0.05, 0) is 31.5 Å². The van der Waals surface area contributed by atoms with E-state index in [1.807, 2.05) is 12.1 Å². The maximum absolute atomic E-state index is 11.2. The van der Waals surface area contributed by atoms with Crippen molar-refractivity contribution in [3.05, 3.63) is 29.6 Å². The molecule has 0 radical (unpaired) electrons. The summed E-state index contributed by atoms with van der Waals surface area (Å²) in [6.07, 6.45) is 1.42. The van der Waals surface area contributed by atoms with Gasteiger partial charge in [-0.2, -0.15) is 0 Å². The normalized spacial score (nSPS) is 10.9. The Labute approximate surface area is 93.3 Å². The molecule has 0 aliphatic heterocycles. The summed E-state index contributed by atoms with van der Waals surface area (Å²) in [6, 6.07) is 5.43. The number of carbonyl (C=O) groups excluding carboxylic acids is 1.